The largest absolute Gasteiger partial charge is 0.481 e. The Bertz CT molecular complexity index is 477. The third-order valence-corrected chi connectivity index (χ3v) is 2.40. The first-order chi connectivity index (χ1) is 8.69. The number of carboxylic acid groups (broad SMARTS) is 1. The normalized spacial score (nSPS) is 12.6. The van der Waals surface area contributed by atoms with E-state index in [2.05, 4.69) is 5.32 Å². The van der Waals surface area contributed by atoms with Gasteiger partial charge in [0.1, 0.15) is 5.60 Å². The smallest absolute Gasteiger partial charge is 0.412 e. The molecule has 5 heteroatoms. The summed E-state index contributed by atoms with van der Waals surface area (Å²) in [5.41, 5.74) is 0.566. The molecule has 1 amide bonds. The Labute approximate surface area is 112 Å². The van der Waals surface area contributed by atoms with E-state index in [1.54, 1.807) is 52.0 Å². The molecule has 2 N–H and O–H groups in total. The lowest BCUT2D eigenvalue weighted by atomic mass is 10.0. The minimum absolute atomic E-state index is 0.514. The van der Waals surface area contributed by atoms with Gasteiger partial charge in [-0.25, -0.2) is 4.79 Å². The van der Waals surface area contributed by atoms with Crippen LogP contribution in [0.3, 0.4) is 0 Å². The lowest BCUT2D eigenvalue weighted by molar-refractivity contribution is -0.138. The van der Waals surface area contributed by atoms with Crippen LogP contribution in [-0.4, -0.2) is 22.8 Å². The average molecular weight is 265 g/mol. The van der Waals surface area contributed by atoms with E-state index in [1.807, 2.05) is 0 Å². The van der Waals surface area contributed by atoms with Crippen molar-refractivity contribution in [2.75, 3.05) is 5.32 Å². The van der Waals surface area contributed by atoms with E-state index in [1.165, 1.54) is 0 Å². The maximum atomic E-state index is 11.6. The van der Waals surface area contributed by atoms with Crippen LogP contribution in [0.5, 0.6) is 0 Å². The Morgan fingerprint density at radius 2 is 1.95 bits per heavy atom. The molecule has 1 atom stereocenters. The molecule has 0 spiro atoms. The van der Waals surface area contributed by atoms with Gasteiger partial charge < -0.3 is 9.84 Å². The molecule has 0 saturated heterocycles. The molecule has 1 rings (SSSR count). The number of ether oxygens (including phenoxy) is 1. The molecule has 5 nitrogen and oxygen atoms in total. The van der Waals surface area contributed by atoms with Crippen molar-refractivity contribution in [3.05, 3.63) is 29.8 Å². The Kier molecular flexibility index (Phi) is 4.53. The number of hydrogen-bond donors (Lipinski definition) is 2. The van der Waals surface area contributed by atoms with Gasteiger partial charge in [-0.3, -0.25) is 10.1 Å². The fraction of sp³-hybridized carbons (Fsp3) is 0.429. The zero-order valence-corrected chi connectivity index (χ0v) is 11.6. The molecule has 104 valence electrons. The summed E-state index contributed by atoms with van der Waals surface area (Å²) in [5.74, 6) is -1.53. The number of carboxylic acids is 1. The fourth-order valence-corrected chi connectivity index (χ4v) is 1.45. The molecule has 0 aliphatic heterocycles. The first-order valence-corrected chi connectivity index (χ1v) is 6.02. The first-order valence-electron chi connectivity index (χ1n) is 6.02. The molecule has 1 aromatic rings. The number of hydrogen-bond acceptors (Lipinski definition) is 3. The van der Waals surface area contributed by atoms with E-state index in [0.717, 1.165) is 0 Å². The molecule has 0 saturated carbocycles. The van der Waals surface area contributed by atoms with Gasteiger partial charge in [0.2, 0.25) is 0 Å². The van der Waals surface area contributed by atoms with Crippen LogP contribution in [0.1, 0.15) is 39.2 Å². The van der Waals surface area contributed by atoms with Gasteiger partial charge in [-0.1, -0.05) is 12.1 Å². The minimum atomic E-state index is -0.908. The van der Waals surface area contributed by atoms with Crippen molar-refractivity contribution in [3.8, 4) is 0 Å². The molecule has 19 heavy (non-hydrogen) atoms. The standard InChI is InChI=1S/C14H19NO4/c1-9(12(16)17)10-6-5-7-11(8-10)15-13(18)19-14(2,3)4/h5-9H,1-4H3,(H,15,18)(H,16,17)/t9-/m1/s1. The Balaban J connectivity index is 2.78. The highest BCUT2D eigenvalue weighted by atomic mass is 16.6. The van der Waals surface area contributed by atoms with Gasteiger partial charge in [0.25, 0.3) is 0 Å². The second-order valence-corrected chi connectivity index (χ2v) is 5.31. The number of carbonyl (C=O) groups excluding carboxylic acids is 1. The summed E-state index contributed by atoms with van der Waals surface area (Å²) in [6.45, 7) is 6.91. The van der Waals surface area contributed by atoms with E-state index in [0.29, 0.717) is 11.3 Å². The van der Waals surface area contributed by atoms with Crippen LogP contribution in [0.2, 0.25) is 0 Å². The summed E-state index contributed by atoms with van der Waals surface area (Å²) in [5, 5.41) is 11.5. The molecular formula is C14H19NO4. The molecule has 0 bridgehead atoms. The topological polar surface area (TPSA) is 75.6 Å². The van der Waals surface area contributed by atoms with Gasteiger partial charge in [-0.2, -0.15) is 0 Å². The summed E-state index contributed by atoms with van der Waals surface area (Å²) in [6, 6.07) is 6.71. The Hall–Kier alpha value is -2.04. The number of aliphatic carboxylic acids is 1. The molecule has 1 aromatic carbocycles. The van der Waals surface area contributed by atoms with E-state index < -0.39 is 23.6 Å². The first kappa shape index (κ1) is 15.0. The average Bonchev–Trinajstić information content (AvgIpc) is 2.25. The maximum Gasteiger partial charge on any atom is 0.412 e. The summed E-state index contributed by atoms with van der Waals surface area (Å²) >= 11 is 0. The van der Waals surface area contributed by atoms with E-state index >= 15 is 0 Å². The number of anilines is 1. The second-order valence-electron chi connectivity index (χ2n) is 5.31. The molecule has 0 aliphatic carbocycles. The van der Waals surface area contributed by atoms with Crippen LogP contribution in [0.4, 0.5) is 10.5 Å². The van der Waals surface area contributed by atoms with Crippen LogP contribution >= 0.6 is 0 Å². The monoisotopic (exact) mass is 265 g/mol. The zero-order valence-electron chi connectivity index (χ0n) is 11.6. The lowest BCUT2D eigenvalue weighted by Gasteiger charge is -2.20. The third-order valence-electron chi connectivity index (χ3n) is 2.40. The SMILES string of the molecule is C[C@@H](C(=O)O)c1cccc(NC(=O)OC(C)(C)C)c1. The van der Waals surface area contributed by atoms with Gasteiger partial charge in [0, 0.05) is 5.69 Å². The molecular weight excluding hydrogens is 246 g/mol. The van der Waals surface area contributed by atoms with Crippen molar-refractivity contribution >= 4 is 17.7 Å². The van der Waals surface area contributed by atoms with Crippen molar-refractivity contribution in [3.63, 3.8) is 0 Å². The quantitative estimate of drug-likeness (QED) is 0.879. The highest BCUT2D eigenvalue weighted by molar-refractivity contribution is 5.85. The summed E-state index contributed by atoms with van der Waals surface area (Å²) < 4.78 is 5.12. The Morgan fingerprint density at radius 3 is 2.47 bits per heavy atom. The lowest BCUT2D eigenvalue weighted by Crippen LogP contribution is -2.27. The van der Waals surface area contributed by atoms with E-state index in [4.69, 9.17) is 9.84 Å². The number of carbonyl (C=O) groups is 2. The van der Waals surface area contributed by atoms with Gasteiger partial charge in [0.05, 0.1) is 5.92 Å². The second kappa shape index (κ2) is 5.73. The minimum Gasteiger partial charge on any atom is -0.481 e. The van der Waals surface area contributed by atoms with Crippen molar-refractivity contribution in [2.24, 2.45) is 0 Å². The van der Waals surface area contributed by atoms with Crippen molar-refractivity contribution in [1.29, 1.82) is 0 Å². The number of rotatable bonds is 3. The Morgan fingerprint density at radius 1 is 1.32 bits per heavy atom. The summed E-state index contributed by atoms with van der Waals surface area (Å²) in [4.78, 5) is 22.5. The van der Waals surface area contributed by atoms with Gasteiger partial charge in [0.15, 0.2) is 0 Å². The molecule has 0 unspecified atom stereocenters. The highest BCUT2D eigenvalue weighted by Gasteiger charge is 2.17. The summed E-state index contributed by atoms with van der Waals surface area (Å²) in [6.07, 6.45) is -0.562. The van der Waals surface area contributed by atoms with E-state index in [9.17, 15) is 9.59 Å². The van der Waals surface area contributed by atoms with Crippen molar-refractivity contribution in [2.45, 2.75) is 39.2 Å². The molecule has 0 fully saturated rings. The third kappa shape index (κ3) is 4.99. The predicted octanol–water partition coefficient (Wildman–Crippen LogP) is 3.22. The molecule has 0 aromatic heterocycles. The predicted molar refractivity (Wildman–Crippen MR) is 72.3 cm³/mol. The number of nitrogens with one attached hydrogen (secondary N) is 1. The van der Waals surface area contributed by atoms with E-state index in [-0.39, 0.29) is 0 Å². The zero-order chi connectivity index (χ0) is 14.6. The van der Waals surface area contributed by atoms with Gasteiger partial charge in [-0.05, 0) is 45.4 Å². The summed E-state index contributed by atoms with van der Waals surface area (Å²) in [7, 11) is 0. The number of amides is 1. The number of benzene rings is 1. The fourth-order valence-electron chi connectivity index (χ4n) is 1.45. The van der Waals surface area contributed by atoms with Crippen molar-refractivity contribution < 1.29 is 19.4 Å². The van der Waals surface area contributed by atoms with Crippen molar-refractivity contribution in [1.82, 2.24) is 0 Å². The van der Waals surface area contributed by atoms with Crippen LogP contribution in [0, 0.1) is 0 Å². The molecule has 0 radical (unpaired) electrons. The van der Waals surface area contributed by atoms with Crippen LogP contribution in [0.25, 0.3) is 0 Å². The maximum absolute atomic E-state index is 11.6. The van der Waals surface area contributed by atoms with Gasteiger partial charge in [-0.15, -0.1) is 0 Å². The highest BCUT2D eigenvalue weighted by Crippen LogP contribution is 2.20. The van der Waals surface area contributed by atoms with Gasteiger partial charge >= 0.3 is 12.1 Å². The van der Waals surface area contributed by atoms with Crippen LogP contribution in [-0.2, 0) is 9.53 Å². The molecule has 0 heterocycles. The van der Waals surface area contributed by atoms with Crippen LogP contribution in [0.15, 0.2) is 24.3 Å². The molecule has 0 aliphatic rings. The van der Waals surface area contributed by atoms with Crippen LogP contribution < -0.4 is 5.32 Å².